The molecule has 4 aliphatic carbocycles. The SMILES string of the molecule is Cc1ccc(S(=O)(=O)OCC(O)COCCO[C@H]2CC[C@@]3(C)[C@H](CC[C@@H]4[C@@H]3CC[C@]3(C)[C@@H](c5ccoc5)CCC43O)C2)cc1. The van der Waals surface area contributed by atoms with Gasteiger partial charge < -0.3 is 24.1 Å². The van der Waals surface area contributed by atoms with Gasteiger partial charge in [0.05, 0.1) is 55.6 Å². The third kappa shape index (κ3) is 5.82. The lowest BCUT2D eigenvalue weighted by Crippen LogP contribution is -2.62. The van der Waals surface area contributed by atoms with Gasteiger partial charge in [0.1, 0.15) is 6.10 Å². The molecule has 1 heterocycles. The van der Waals surface area contributed by atoms with Gasteiger partial charge in [-0.1, -0.05) is 31.5 Å². The monoisotopic (exact) mass is 630 g/mol. The Kier molecular flexibility index (Phi) is 9.12. The van der Waals surface area contributed by atoms with Gasteiger partial charge in [-0.15, -0.1) is 0 Å². The first-order valence-corrected chi connectivity index (χ1v) is 17.9. The molecule has 2 unspecified atom stereocenters. The van der Waals surface area contributed by atoms with E-state index in [1.807, 2.05) is 13.2 Å². The van der Waals surface area contributed by atoms with Crippen molar-refractivity contribution in [3.8, 4) is 0 Å². The summed E-state index contributed by atoms with van der Waals surface area (Å²) in [4.78, 5) is 0.0667. The molecule has 0 aliphatic heterocycles. The average Bonchev–Trinajstić information content (AvgIpc) is 3.62. The molecule has 0 amide bonds. The van der Waals surface area contributed by atoms with Gasteiger partial charge >= 0.3 is 0 Å². The van der Waals surface area contributed by atoms with Crippen LogP contribution < -0.4 is 0 Å². The second-order valence-electron chi connectivity index (χ2n) is 14.6. The third-order valence-corrected chi connectivity index (χ3v) is 13.7. The van der Waals surface area contributed by atoms with E-state index in [4.69, 9.17) is 18.1 Å². The molecule has 44 heavy (non-hydrogen) atoms. The Balaban J connectivity index is 0.946. The zero-order chi connectivity index (χ0) is 31.2. The first-order chi connectivity index (χ1) is 21.0. The van der Waals surface area contributed by atoms with Crippen LogP contribution in [0.1, 0.15) is 88.7 Å². The highest BCUT2D eigenvalue weighted by atomic mass is 32.2. The maximum atomic E-state index is 12.4. The van der Waals surface area contributed by atoms with Gasteiger partial charge in [0.25, 0.3) is 10.1 Å². The lowest BCUT2D eigenvalue weighted by Gasteiger charge is -2.63. The molecule has 0 radical (unpaired) electrons. The molecule has 4 aliphatic rings. The van der Waals surface area contributed by atoms with E-state index in [1.54, 1.807) is 18.4 Å². The second-order valence-corrected chi connectivity index (χ2v) is 16.2. The van der Waals surface area contributed by atoms with E-state index in [1.165, 1.54) is 24.1 Å². The van der Waals surface area contributed by atoms with Crippen LogP contribution in [-0.2, 0) is 23.8 Å². The number of fused-ring (bicyclic) bond motifs is 5. The number of ether oxygens (including phenoxy) is 2. The number of furan rings is 1. The van der Waals surface area contributed by atoms with Crippen molar-refractivity contribution in [2.75, 3.05) is 26.4 Å². The van der Waals surface area contributed by atoms with E-state index in [-0.39, 0.29) is 35.0 Å². The molecule has 1 aromatic heterocycles. The highest BCUT2D eigenvalue weighted by Crippen LogP contribution is 2.70. The van der Waals surface area contributed by atoms with E-state index in [9.17, 15) is 18.6 Å². The number of benzene rings is 1. The molecule has 0 saturated heterocycles. The summed E-state index contributed by atoms with van der Waals surface area (Å²) in [6.07, 6.45) is 12.4. The molecule has 8 nitrogen and oxygen atoms in total. The Bertz CT molecular complexity index is 1360. The number of rotatable bonds is 11. The number of aliphatic hydroxyl groups is 2. The minimum absolute atomic E-state index is 0.0233. The summed E-state index contributed by atoms with van der Waals surface area (Å²) < 4.78 is 46.9. The molecule has 0 bridgehead atoms. The van der Waals surface area contributed by atoms with Crippen LogP contribution in [0.4, 0.5) is 0 Å². The van der Waals surface area contributed by atoms with Gasteiger partial charge in [-0.2, -0.15) is 8.42 Å². The minimum Gasteiger partial charge on any atom is -0.472 e. The normalized spacial score (nSPS) is 37.6. The average molecular weight is 631 g/mol. The maximum Gasteiger partial charge on any atom is 0.297 e. The Morgan fingerprint density at radius 2 is 1.75 bits per heavy atom. The molecule has 2 N–H and O–H groups in total. The Hall–Kier alpha value is -1.75. The molecule has 2 aromatic rings. The van der Waals surface area contributed by atoms with E-state index in [2.05, 4.69) is 19.9 Å². The summed E-state index contributed by atoms with van der Waals surface area (Å²) in [7, 11) is -3.92. The van der Waals surface area contributed by atoms with Crippen molar-refractivity contribution in [3.63, 3.8) is 0 Å². The standard InChI is InChI=1S/C35H50O8S/c1-24-4-7-29(8-5-24)44(38,39)43-23-27(36)22-41-18-19-42-28-10-14-33(2)26(20-28)6-9-32-31(33)11-15-34(3)30(12-16-35(32,34)37)25-13-17-40-21-25/h4-5,7-8,13,17,21,26-28,30-32,36-37H,6,9-12,14-16,18-20,22-23H2,1-3H3/t26-,27?,28+,30-,31+,32-,33+,34-,35?/m1/s1. The Labute approximate surface area is 262 Å². The first-order valence-electron chi connectivity index (χ1n) is 16.5. The molecule has 4 saturated carbocycles. The topological polar surface area (TPSA) is 115 Å². The van der Waals surface area contributed by atoms with Crippen molar-refractivity contribution in [2.24, 2.45) is 28.6 Å². The van der Waals surface area contributed by atoms with Gasteiger partial charge in [0.2, 0.25) is 0 Å². The number of hydrogen-bond donors (Lipinski definition) is 2. The summed E-state index contributed by atoms with van der Waals surface area (Å²) in [5.74, 6) is 1.86. The van der Waals surface area contributed by atoms with Gasteiger partial charge in [-0.3, -0.25) is 4.18 Å². The van der Waals surface area contributed by atoms with Gasteiger partial charge in [0, 0.05) is 5.41 Å². The highest BCUT2D eigenvalue weighted by molar-refractivity contribution is 7.86. The fraction of sp³-hybridized carbons (Fsp3) is 0.714. The zero-order valence-electron chi connectivity index (χ0n) is 26.5. The summed E-state index contributed by atoms with van der Waals surface area (Å²) in [6, 6.07) is 8.49. The molecule has 9 atom stereocenters. The van der Waals surface area contributed by atoms with Crippen molar-refractivity contribution in [2.45, 2.75) is 107 Å². The van der Waals surface area contributed by atoms with E-state index < -0.39 is 21.8 Å². The van der Waals surface area contributed by atoms with Crippen molar-refractivity contribution < 1.29 is 36.7 Å². The molecular weight excluding hydrogens is 580 g/mol. The minimum atomic E-state index is -3.92. The number of aryl methyl sites for hydroxylation is 1. The van der Waals surface area contributed by atoms with Gasteiger partial charge in [-0.05, 0) is 118 Å². The molecule has 4 fully saturated rings. The smallest absolute Gasteiger partial charge is 0.297 e. The van der Waals surface area contributed by atoms with Crippen LogP contribution in [0.5, 0.6) is 0 Å². The number of hydrogen-bond acceptors (Lipinski definition) is 8. The summed E-state index contributed by atoms with van der Waals surface area (Å²) in [5, 5.41) is 22.6. The Morgan fingerprint density at radius 3 is 2.50 bits per heavy atom. The second kappa shape index (κ2) is 12.5. The Morgan fingerprint density at radius 1 is 0.955 bits per heavy atom. The van der Waals surface area contributed by atoms with Crippen LogP contribution in [0, 0.1) is 35.5 Å². The van der Waals surface area contributed by atoms with Crippen molar-refractivity contribution >= 4 is 10.1 Å². The van der Waals surface area contributed by atoms with Crippen LogP contribution in [0.25, 0.3) is 0 Å². The fourth-order valence-electron chi connectivity index (χ4n) is 9.83. The van der Waals surface area contributed by atoms with E-state index in [0.29, 0.717) is 36.9 Å². The lowest BCUT2D eigenvalue weighted by molar-refractivity contribution is -0.207. The summed E-state index contributed by atoms with van der Waals surface area (Å²) in [5.41, 5.74) is 1.72. The van der Waals surface area contributed by atoms with Gasteiger partial charge in [-0.25, -0.2) is 0 Å². The van der Waals surface area contributed by atoms with Crippen LogP contribution in [0.3, 0.4) is 0 Å². The van der Waals surface area contributed by atoms with Crippen LogP contribution in [-0.4, -0.2) is 62.9 Å². The van der Waals surface area contributed by atoms with E-state index in [0.717, 1.165) is 56.9 Å². The molecular formula is C35H50O8S. The summed E-state index contributed by atoms with van der Waals surface area (Å²) >= 11 is 0. The first kappa shape index (κ1) is 32.2. The van der Waals surface area contributed by atoms with Crippen molar-refractivity contribution in [1.29, 1.82) is 0 Å². The van der Waals surface area contributed by atoms with Gasteiger partial charge in [0.15, 0.2) is 0 Å². The van der Waals surface area contributed by atoms with Crippen LogP contribution in [0.2, 0.25) is 0 Å². The van der Waals surface area contributed by atoms with Crippen LogP contribution in [0.15, 0.2) is 52.2 Å². The van der Waals surface area contributed by atoms with Crippen molar-refractivity contribution in [1.82, 2.24) is 0 Å². The predicted molar refractivity (Wildman–Crippen MR) is 166 cm³/mol. The van der Waals surface area contributed by atoms with Crippen LogP contribution >= 0.6 is 0 Å². The number of aliphatic hydroxyl groups excluding tert-OH is 1. The largest absolute Gasteiger partial charge is 0.472 e. The molecule has 244 valence electrons. The molecule has 0 spiro atoms. The fourth-order valence-corrected chi connectivity index (χ4v) is 10.8. The zero-order valence-corrected chi connectivity index (χ0v) is 27.3. The van der Waals surface area contributed by atoms with E-state index >= 15 is 0 Å². The summed E-state index contributed by atoms with van der Waals surface area (Å²) in [6.45, 7) is 7.09. The lowest BCUT2D eigenvalue weighted by atomic mass is 9.43. The molecule has 6 rings (SSSR count). The maximum absolute atomic E-state index is 12.4. The molecule has 1 aromatic carbocycles. The molecule has 9 heteroatoms. The predicted octanol–water partition coefficient (Wildman–Crippen LogP) is 6.00. The highest BCUT2D eigenvalue weighted by Gasteiger charge is 2.67. The quantitative estimate of drug-likeness (QED) is 0.230. The third-order valence-electron chi connectivity index (χ3n) is 12.4. The van der Waals surface area contributed by atoms with Crippen molar-refractivity contribution in [3.05, 3.63) is 54.0 Å².